The van der Waals surface area contributed by atoms with Crippen LogP contribution in [-0.4, -0.2) is 51.5 Å². The molecule has 1 aliphatic heterocycles. The van der Waals surface area contributed by atoms with Crippen molar-refractivity contribution in [3.8, 4) is 11.4 Å². The number of ether oxygens (including phenoxy) is 1. The molecule has 10 heteroatoms. The van der Waals surface area contributed by atoms with Gasteiger partial charge < -0.3 is 10.1 Å². The molecular formula is C23H25FN4O3S2. The fourth-order valence-corrected chi connectivity index (χ4v) is 5.46. The molecule has 1 atom stereocenters. The lowest BCUT2D eigenvalue weighted by atomic mass is 10.2. The summed E-state index contributed by atoms with van der Waals surface area (Å²) in [6, 6.07) is 9.92. The van der Waals surface area contributed by atoms with Crippen LogP contribution in [0.2, 0.25) is 0 Å². The zero-order valence-corrected chi connectivity index (χ0v) is 19.9. The molecule has 1 N–H and O–H groups in total. The zero-order chi connectivity index (χ0) is 23.2. The average molecular weight is 489 g/mol. The second-order valence-corrected chi connectivity index (χ2v) is 9.88. The van der Waals surface area contributed by atoms with Crippen LogP contribution in [0, 0.1) is 5.82 Å². The van der Waals surface area contributed by atoms with E-state index in [1.807, 2.05) is 16.7 Å². The third-order valence-electron chi connectivity index (χ3n) is 5.24. The summed E-state index contributed by atoms with van der Waals surface area (Å²) in [5.74, 6) is 0.518. The maximum atomic E-state index is 13.4. The molecule has 4 rings (SSSR count). The van der Waals surface area contributed by atoms with Crippen LogP contribution in [0.3, 0.4) is 0 Å². The minimum absolute atomic E-state index is 0.0192. The summed E-state index contributed by atoms with van der Waals surface area (Å²) in [6.07, 6.45) is 2.74. The number of nitrogens with zero attached hydrogens (tertiary/aromatic N) is 3. The van der Waals surface area contributed by atoms with Crippen molar-refractivity contribution >= 4 is 34.8 Å². The van der Waals surface area contributed by atoms with Crippen molar-refractivity contribution in [3.63, 3.8) is 0 Å². The van der Waals surface area contributed by atoms with Gasteiger partial charge in [0.05, 0.1) is 23.3 Å². The molecule has 0 aliphatic carbocycles. The number of ketones is 1. The molecule has 0 spiro atoms. The smallest absolute Gasteiger partial charge is 0.216 e. The standard InChI is InChI=1S/C23H25FN4O3S2/c1-15(29)25-11-10-19-8-9-21(33-19)20(30)14-32-23-27-26-22(16-4-6-17(24)7-5-16)28(23)13-18-3-2-12-31-18/h4-9,18H,2-3,10-14H2,1H3,(H,25,29). The Labute approximate surface area is 199 Å². The zero-order valence-electron chi connectivity index (χ0n) is 18.3. The summed E-state index contributed by atoms with van der Waals surface area (Å²) in [7, 11) is 0. The van der Waals surface area contributed by atoms with Crippen LogP contribution in [0.1, 0.15) is 34.3 Å². The van der Waals surface area contributed by atoms with Gasteiger partial charge in [-0.05, 0) is 55.7 Å². The fraction of sp³-hybridized carbons (Fsp3) is 0.391. The maximum absolute atomic E-state index is 13.4. The maximum Gasteiger partial charge on any atom is 0.216 e. The monoisotopic (exact) mass is 488 g/mol. The van der Waals surface area contributed by atoms with E-state index in [1.54, 1.807) is 12.1 Å². The number of hydrogen-bond acceptors (Lipinski definition) is 7. The van der Waals surface area contributed by atoms with Gasteiger partial charge in [-0.2, -0.15) is 0 Å². The third-order valence-corrected chi connectivity index (χ3v) is 7.40. The van der Waals surface area contributed by atoms with Crippen molar-refractivity contribution in [1.29, 1.82) is 0 Å². The van der Waals surface area contributed by atoms with Crippen LogP contribution in [-0.2, 0) is 22.5 Å². The third kappa shape index (κ3) is 6.27. The van der Waals surface area contributed by atoms with Gasteiger partial charge in [0.1, 0.15) is 5.82 Å². The first kappa shape index (κ1) is 23.6. The van der Waals surface area contributed by atoms with Crippen molar-refractivity contribution in [2.75, 3.05) is 18.9 Å². The Kier molecular flexibility index (Phi) is 7.89. The molecule has 1 aromatic carbocycles. The molecule has 1 fully saturated rings. The summed E-state index contributed by atoms with van der Waals surface area (Å²) in [5, 5.41) is 12.1. The molecule has 0 bridgehead atoms. The predicted molar refractivity (Wildman–Crippen MR) is 126 cm³/mol. The molecule has 7 nitrogen and oxygen atoms in total. The van der Waals surface area contributed by atoms with E-state index in [1.165, 1.54) is 42.2 Å². The van der Waals surface area contributed by atoms with Crippen LogP contribution < -0.4 is 5.32 Å². The Balaban J connectivity index is 1.45. The van der Waals surface area contributed by atoms with Crippen molar-refractivity contribution in [2.24, 2.45) is 0 Å². The molecule has 1 unspecified atom stereocenters. The first-order valence-electron chi connectivity index (χ1n) is 10.8. The van der Waals surface area contributed by atoms with Gasteiger partial charge in [-0.3, -0.25) is 14.2 Å². The van der Waals surface area contributed by atoms with Crippen LogP contribution in [0.4, 0.5) is 4.39 Å². The predicted octanol–water partition coefficient (Wildman–Crippen LogP) is 3.98. The van der Waals surface area contributed by atoms with Gasteiger partial charge in [0.15, 0.2) is 16.8 Å². The Hall–Kier alpha value is -2.56. The number of rotatable bonds is 10. The van der Waals surface area contributed by atoms with Crippen LogP contribution >= 0.6 is 23.1 Å². The number of aromatic nitrogens is 3. The molecule has 1 aliphatic rings. The van der Waals surface area contributed by atoms with Gasteiger partial charge in [0.25, 0.3) is 0 Å². The molecule has 1 saturated heterocycles. The molecule has 3 aromatic rings. The van der Waals surface area contributed by atoms with Gasteiger partial charge in [-0.15, -0.1) is 21.5 Å². The van der Waals surface area contributed by atoms with E-state index in [0.29, 0.717) is 35.4 Å². The summed E-state index contributed by atoms with van der Waals surface area (Å²) in [6.45, 7) is 3.36. The van der Waals surface area contributed by atoms with E-state index < -0.39 is 0 Å². The van der Waals surface area contributed by atoms with Gasteiger partial charge in [-0.25, -0.2) is 4.39 Å². The van der Waals surface area contributed by atoms with Gasteiger partial charge >= 0.3 is 0 Å². The normalized spacial score (nSPS) is 15.6. The Bertz CT molecular complexity index is 1110. The molecule has 2 aromatic heterocycles. The van der Waals surface area contributed by atoms with Gasteiger partial charge in [-0.1, -0.05) is 11.8 Å². The second kappa shape index (κ2) is 11.0. The van der Waals surface area contributed by atoms with E-state index in [-0.39, 0.29) is 29.4 Å². The highest BCUT2D eigenvalue weighted by atomic mass is 32.2. The Morgan fingerprint density at radius 2 is 2.06 bits per heavy atom. The minimum Gasteiger partial charge on any atom is -0.376 e. The fourth-order valence-electron chi connectivity index (χ4n) is 3.59. The number of hydrogen-bond donors (Lipinski definition) is 1. The lowest BCUT2D eigenvalue weighted by Crippen LogP contribution is -2.22. The largest absolute Gasteiger partial charge is 0.376 e. The molecular weight excluding hydrogens is 463 g/mol. The highest BCUT2D eigenvalue weighted by Crippen LogP contribution is 2.28. The van der Waals surface area contributed by atoms with Crippen LogP contribution in [0.25, 0.3) is 11.4 Å². The van der Waals surface area contributed by atoms with Gasteiger partial charge in [0.2, 0.25) is 5.91 Å². The van der Waals surface area contributed by atoms with Gasteiger partial charge in [0, 0.05) is 30.5 Å². The first-order chi connectivity index (χ1) is 16.0. The molecule has 33 heavy (non-hydrogen) atoms. The summed E-state index contributed by atoms with van der Waals surface area (Å²) in [4.78, 5) is 25.5. The van der Waals surface area contributed by atoms with E-state index in [2.05, 4.69) is 15.5 Å². The number of thioether (sulfide) groups is 1. The van der Waals surface area contributed by atoms with E-state index in [9.17, 15) is 14.0 Å². The second-order valence-electron chi connectivity index (χ2n) is 7.77. The average Bonchev–Trinajstić information content (AvgIpc) is 3.55. The van der Waals surface area contributed by atoms with Crippen molar-refractivity contribution in [3.05, 3.63) is 52.0 Å². The van der Waals surface area contributed by atoms with Crippen molar-refractivity contribution in [2.45, 2.75) is 44.0 Å². The SMILES string of the molecule is CC(=O)NCCc1ccc(C(=O)CSc2nnc(-c3ccc(F)cc3)n2CC2CCCO2)s1. The van der Waals surface area contributed by atoms with Crippen LogP contribution in [0.15, 0.2) is 41.6 Å². The van der Waals surface area contributed by atoms with Crippen LogP contribution in [0.5, 0.6) is 0 Å². The summed E-state index contributed by atoms with van der Waals surface area (Å²) in [5.41, 5.74) is 0.766. The van der Waals surface area contributed by atoms with E-state index in [0.717, 1.165) is 29.9 Å². The number of carbonyl (C=O) groups excluding carboxylic acids is 2. The number of amides is 1. The number of halogens is 1. The molecule has 0 radical (unpaired) electrons. The van der Waals surface area contributed by atoms with Crippen molar-refractivity contribution in [1.82, 2.24) is 20.1 Å². The van der Waals surface area contributed by atoms with Crippen molar-refractivity contribution < 1.29 is 18.7 Å². The highest BCUT2D eigenvalue weighted by Gasteiger charge is 2.22. The number of benzene rings is 1. The lowest BCUT2D eigenvalue weighted by Gasteiger charge is -2.14. The number of Topliss-reactive ketones (excluding diaryl/α,β-unsaturated/α-hetero) is 1. The molecule has 174 valence electrons. The Morgan fingerprint density at radius 1 is 1.24 bits per heavy atom. The molecule has 1 amide bonds. The molecule has 0 saturated carbocycles. The summed E-state index contributed by atoms with van der Waals surface area (Å²) < 4.78 is 21.2. The quantitative estimate of drug-likeness (QED) is 0.343. The minimum atomic E-state index is -0.309. The first-order valence-corrected chi connectivity index (χ1v) is 12.6. The van der Waals surface area contributed by atoms with E-state index in [4.69, 9.17) is 4.74 Å². The summed E-state index contributed by atoms with van der Waals surface area (Å²) >= 11 is 2.79. The lowest BCUT2D eigenvalue weighted by molar-refractivity contribution is -0.118. The van der Waals surface area contributed by atoms with E-state index >= 15 is 0 Å². The molecule has 3 heterocycles. The number of carbonyl (C=O) groups is 2. The topological polar surface area (TPSA) is 86.1 Å². The number of thiophene rings is 1. The number of nitrogens with one attached hydrogen (secondary N) is 1. The Morgan fingerprint density at radius 3 is 2.79 bits per heavy atom. The highest BCUT2D eigenvalue weighted by molar-refractivity contribution is 7.99.